The third-order valence-electron chi connectivity index (χ3n) is 1.87. The summed E-state index contributed by atoms with van der Waals surface area (Å²) in [6.07, 6.45) is -4.72. The lowest BCUT2D eigenvalue weighted by atomic mass is 10.3. The van der Waals surface area contributed by atoms with Crippen molar-refractivity contribution in [2.45, 2.75) is 6.18 Å². The molecule has 2 N–H and O–H groups in total. The minimum Gasteiger partial charge on any atom is -0.506 e. The van der Waals surface area contributed by atoms with Gasteiger partial charge in [0.2, 0.25) is 0 Å². The number of phenols is 1. The van der Waals surface area contributed by atoms with Gasteiger partial charge in [0, 0.05) is 5.02 Å². The van der Waals surface area contributed by atoms with Crippen LogP contribution in [0, 0.1) is 0 Å². The molecule has 2 aromatic rings. The first-order valence-electron chi connectivity index (χ1n) is 4.52. The number of rotatable bonds is 2. The molecule has 0 saturated heterocycles. The van der Waals surface area contributed by atoms with Crippen LogP contribution in [0.4, 0.5) is 24.9 Å². The van der Waals surface area contributed by atoms with Gasteiger partial charge in [0.15, 0.2) is 0 Å². The third kappa shape index (κ3) is 2.65. The Morgan fingerprint density at radius 2 is 2.00 bits per heavy atom. The van der Waals surface area contributed by atoms with Crippen molar-refractivity contribution < 1.29 is 22.7 Å². The Kier molecular flexibility index (Phi) is 3.04. The predicted molar refractivity (Wildman–Crippen MR) is 55.7 cm³/mol. The van der Waals surface area contributed by atoms with E-state index in [4.69, 9.17) is 11.6 Å². The van der Waals surface area contributed by atoms with Crippen LogP contribution in [0.15, 0.2) is 22.6 Å². The zero-order valence-electron chi connectivity index (χ0n) is 8.49. The van der Waals surface area contributed by atoms with Crippen LogP contribution in [-0.4, -0.2) is 15.3 Å². The molecule has 0 aliphatic heterocycles. The quantitative estimate of drug-likeness (QED) is 0.826. The summed E-state index contributed by atoms with van der Waals surface area (Å²) in [7, 11) is 0. The van der Waals surface area contributed by atoms with Gasteiger partial charge in [-0.1, -0.05) is 16.7 Å². The molecule has 0 radical (unpaired) electrons. The van der Waals surface area contributed by atoms with Gasteiger partial charge in [0.05, 0.1) is 5.69 Å². The second-order valence-electron chi connectivity index (χ2n) is 3.20. The number of phenolic OH excluding ortho intramolecular Hbond substituents is 1. The molecular formula is C9H5ClF3N3O2. The van der Waals surface area contributed by atoms with Gasteiger partial charge in [-0.2, -0.15) is 13.2 Å². The highest BCUT2D eigenvalue weighted by Crippen LogP contribution is 2.32. The zero-order valence-corrected chi connectivity index (χ0v) is 9.25. The van der Waals surface area contributed by atoms with Crippen molar-refractivity contribution in [3.8, 4) is 5.75 Å². The summed E-state index contributed by atoms with van der Waals surface area (Å²) in [4.78, 5) is 0. The molecule has 0 unspecified atom stereocenters. The maximum Gasteiger partial charge on any atom is 0.470 e. The smallest absolute Gasteiger partial charge is 0.470 e. The molecule has 0 fully saturated rings. The summed E-state index contributed by atoms with van der Waals surface area (Å²) < 4.78 is 40.9. The standard InChI is InChI=1S/C9H5ClF3N3O2/c10-4-1-2-6(17)5(3-4)14-8-16-15-7(18-8)9(11,12)13/h1-3,17H,(H,14,16). The van der Waals surface area contributed by atoms with Gasteiger partial charge in [-0.05, 0) is 18.2 Å². The topological polar surface area (TPSA) is 71.2 Å². The second-order valence-corrected chi connectivity index (χ2v) is 3.63. The highest BCUT2D eigenvalue weighted by atomic mass is 35.5. The fourth-order valence-corrected chi connectivity index (χ4v) is 1.28. The fraction of sp³-hybridized carbons (Fsp3) is 0.111. The Labute approximate surface area is 103 Å². The first-order chi connectivity index (χ1) is 8.36. The van der Waals surface area contributed by atoms with Gasteiger partial charge < -0.3 is 14.8 Å². The molecule has 0 amide bonds. The van der Waals surface area contributed by atoms with E-state index in [0.717, 1.165) is 0 Å². The summed E-state index contributed by atoms with van der Waals surface area (Å²) in [5.41, 5.74) is 0.0554. The highest BCUT2D eigenvalue weighted by Gasteiger charge is 2.38. The Morgan fingerprint density at radius 3 is 2.61 bits per heavy atom. The summed E-state index contributed by atoms with van der Waals surface area (Å²) in [6.45, 7) is 0. The molecule has 0 atom stereocenters. The number of nitrogens with zero attached hydrogens (tertiary/aromatic N) is 2. The Balaban J connectivity index is 2.24. The van der Waals surface area contributed by atoms with E-state index in [0.29, 0.717) is 0 Å². The van der Waals surface area contributed by atoms with E-state index < -0.39 is 18.1 Å². The molecule has 9 heteroatoms. The average molecular weight is 280 g/mol. The lowest BCUT2D eigenvalue weighted by Crippen LogP contribution is -2.04. The van der Waals surface area contributed by atoms with Crippen LogP contribution in [0.3, 0.4) is 0 Å². The van der Waals surface area contributed by atoms with Crippen molar-refractivity contribution in [3.63, 3.8) is 0 Å². The first kappa shape index (κ1) is 12.5. The van der Waals surface area contributed by atoms with E-state index in [1.54, 1.807) is 0 Å². The molecule has 96 valence electrons. The average Bonchev–Trinajstić information content (AvgIpc) is 2.71. The SMILES string of the molecule is Oc1ccc(Cl)cc1Nc1nnc(C(F)(F)F)o1. The van der Waals surface area contributed by atoms with Crippen molar-refractivity contribution >= 4 is 23.3 Å². The molecule has 5 nitrogen and oxygen atoms in total. The zero-order chi connectivity index (χ0) is 13.3. The highest BCUT2D eigenvalue weighted by molar-refractivity contribution is 6.30. The first-order valence-corrected chi connectivity index (χ1v) is 4.90. The monoisotopic (exact) mass is 279 g/mol. The number of benzene rings is 1. The Hall–Kier alpha value is -1.96. The number of nitrogens with one attached hydrogen (secondary N) is 1. The van der Waals surface area contributed by atoms with Gasteiger partial charge in [-0.3, -0.25) is 0 Å². The molecule has 0 aliphatic carbocycles. The van der Waals surface area contributed by atoms with Crippen molar-refractivity contribution in [1.82, 2.24) is 10.2 Å². The summed E-state index contributed by atoms with van der Waals surface area (Å²) >= 11 is 5.66. The molecule has 18 heavy (non-hydrogen) atoms. The lowest BCUT2D eigenvalue weighted by molar-refractivity contribution is -0.156. The van der Waals surface area contributed by atoms with Gasteiger partial charge >= 0.3 is 18.1 Å². The molecule has 0 aliphatic rings. The molecule has 0 saturated carbocycles. The second kappa shape index (κ2) is 4.37. The van der Waals surface area contributed by atoms with Crippen molar-refractivity contribution in [2.75, 3.05) is 5.32 Å². The van der Waals surface area contributed by atoms with Crippen LogP contribution in [0.1, 0.15) is 5.89 Å². The summed E-state index contributed by atoms with van der Waals surface area (Å²) in [5, 5.41) is 18.0. The number of hydrogen-bond acceptors (Lipinski definition) is 5. The summed E-state index contributed by atoms with van der Waals surface area (Å²) in [5.74, 6) is -1.70. The van der Waals surface area contributed by atoms with Crippen LogP contribution in [-0.2, 0) is 6.18 Å². The number of anilines is 2. The molecule has 1 aromatic carbocycles. The minimum absolute atomic E-state index is 0.0554. The number of aromatic hydroxyl groups is 1. The number of aromatic nitrogens is 2. The van der Waals surface area contributed by atoms with Gasteiger partial charge in [0.25, 0.3) is 0 Å². The van der Waals surface area contributed by atoms with Crippen LogP contribution >= 0.6 is 11.6 Å². The Bertz CT molecular complexity index is 570. The van der Waals surface area contributed by atoms with E-state index >= 15 is 0 Å². The van der Waals surface area contributed by atoms with Crippen molar-refractivity contribution in [1.29, 1.82) is 0 Å². The normalized spacial score (nSPS) is 11.6. The van der Waals surface area contributed by atoms with Crippen molar-refractivity contribution in [3.05, 3.63) is 29.1 Å². The molecule has 1 heterocycles. The van der Waals surface area contributed by atoms with Crippen LogP contribution in [0.25, 0.3) is 0 Å². The number of halogens is 4. The Morgan fingerprint density at radius 1 is 1.28 bits per heavy atom. The maximum atomic E-state index is 12.2. The summed E-state index contributed by atoms with van der Waals surface area (Å²) in [6, 6.07) is 3.48. The maximum absolute atomic E-state index is 12.2. The van der Waals surface area contributed by atoms with E-state index in [1.165, 1.54) is 18.2 Å². The lowest BCUT2D eigenvalue weighted by Gasteiger charge is -2.04. The van der Waals surface area contributed by atoms with Crippen LogP contribution < -0.4 is 5.32 Å². The minimum atomic E-state index is -4.72. The molecule has 1 aromatic heterocycles. The number of hydrogen-bond donors (Lipinski definition) is 2. The van der Waals surface area contributed by atoms with E-state index in [1.807, 2.05) is 0 Å². The van der Waals surface area contributed by atoms with Gasteiger partial charge in [-0.15, -0.1) is 5.10 Å². The fourth-order valence-electron chi connectivity index (χ4n) is 1.11. The van der Waals surface area contributed by atoms with Crippen LogP contribution in [0.2, 0.25) is 5.02 Å². The van der Waals surface area contributed by atoms with Crippen molar-refractivity contribution in [2.24, 2.45) is 0 Å². The number of alkyl halides is 3. The molecule has 2 rings (SSSR count). The van der Waals surface area contributed by atoms with E-state index in [2.05, 4.69) is 19.9 Å². The largest absolute Gasteiger partial charge is 0.506 e. The molecule has 0 bridgehead atoms. The van der Waals surface area contributed by atoms with Gasteiger partial charge in [-0.25, -0.2) is 0 Å². The van der Waals surface area contributed by atoms with Crippen LogP contribution in [0.5, 0.6) is 5.75 Å². The van der Waals surface area contributed by atoms with Gasteiger partial charge in [0.1, 0.15) is 5.75 Å². The molecule has 0 spiro atoms. The predicted octanol–water partition coefficient (Wildman–Crippen LogP) is 3.19. The third-order valence-corrected chi connectivity index (χ3v) is 2.10. The van der Waals surface area contributed by atoms with E-state index in [9.17, 15) is 18.3 Å². The van der Waals surface area contributed by atoms with E-state index in [-0.39, 0.29) is 16.5 Å². The molecular weight excluding hydrogens is 275 g/mol.